The van der Waals surface area contributed by atoms with Crippen LogP contribution in [0.15, 0.2) is 53.1 Å². The van der Waals surface area contributed by atoms with Gasteiger partial charge in [0.2, 0.25) is 0 Å². The lowest BCUT2D eigenvalue weighted by molar-refractivity contribution is 0.229. The number of aromatic nitrogens is 2. The average molecular weight is 335 g/mol. The lowest BCUT2D eigenvalue weighted by Crippen LogP contribution is -2.44. The molecule has 0 amide bonds. The van der Waals surface area contributed by atoms with Gasteiger partial charge >= 0.3 is 0 Å². The second-order valence-corrected chi connectivity index (χ2v) is 6.64. The summed E-state index contributed by atoms with van der Waals surface area (Å²) in [6.07, 6.45) is 2.91. The van der Waals surface area contributed by atoms with Gasteiger partial charge in [-0.3, -0.25) is 0 Å². The predicted octanol–water partition coefficient (Wildman–Crippen LogP) is 3.96. The molecule has 1 heterocycles. The van der Waals surface area contributed by atoms with Crippen molar-refractivity contribution in [3.05, 3.63) is 65.5 Å². The number of ether oxygens (including phenoxy) is 1. The minimum Gasteiger partial charge on any atom is -0.488 e. The van der Waals surface area contributed by atoms with Crippen LogP contribution < -0.4 is 10.5 Å². The first-order valence-corrected chi connectivity index (χ1v) is 8.55. The maximum atomic E-state index is 6.29. The van der Waals surface area contributed by atoms with Gasteiger partial charge in [0.05, 0.1) is 11.1 Å². The van der Waals surface area contributed by atoms with E-state index in [0.717, 1.165) is 36.1 Å². The molecule has 2 aromatic carbocycles. The highest BCUT2D eigenvalue weighted by Gasteiger charge is 2.39. The third kappa shape index (κ3) is 3.03. The molecular weight excluding hydrogens is 314 g/mol. The van der Waals surface area contributed by atoms with Gasteiger partial charge in [-0.1, -0.05) is 41.6 Å². The molecule has 1 fully saturated rings. The second-order valence-electron chi connectivity index (χ2n) is 6.64. The van der Waals surface area contributed by atoms with Crippen LogP contribution >= 0.6 is 0 Å². The Balaban J connectivity index is 1.58. The van der Waals surface area contributed by atoms with Gasteiger partial charge in [0.15, 0.2) is 5.82 Å². The molecule has 4 rings (SSSR count). The van der Waals surface area contributed by atoms with Crippen molar-refractivity contribution in [2.75, 3.05) is 0 Å². The summed E-state index contributed by atoms with van der Waals surface area (Å²) >= 11 is 0. The highest BCUT2D eigenvalue weighted by atomic mass is 16.5. The third-order valence-electron chi connectivity index (χ3n) is 4.88. The Kier molecular flexibility index (Phi) is 4.01. The monoisotopic (exact) mass is 335 g/mol. The predicted molar refractivity (Wildman–Crippen MR) is 95.0 cm³/mol. The molecule has 25 heavy (non-hydrogen) atoms. The van der Waals surface area contributed by atoms with Gasteiger partial charge in [-0.15, -0.1) is 0 Å². The molecular formula is C20H21N3O2. The minimum atomic E-state index is -0.432. The fourth-order valence-corrected chi connectivity index (χ4v) is 3.01. The number of hydrogen-bond donors (Lipinski definition) is 1. The Morgan fingerprint density at radius 3 is 2.64 bits per heavy atom. The highest BCUT2D eigenvalue weighted by Crippen LogP contribution is 2.38. The third-order valence-corrected chi connectivity index (χ3v) is 4.88. The Hall–Kier alpha value is -2.66. The first-order chi connectivity index (χ1) is 12.2. The second kappa shape index (κ2) is 6.33. The molecule has 3 aromatic rings. The smallest absolute Gasteiger partial charge is 0.261 e. The van der Waals surface area contributed by atoms with E-state index in [1.165, 1.54) is 5.56 Å². The summed E-state index contributed by atoms with van der Waals surface area (Å²) in [5.74, 6) is 1.76. The van der Waals surface area contributed by atoms with Gasteiger partial charge in [-0.05, 0) is 49.4 Å². The molecule has 128 valence electrons. The van der Waals surface area contributed by atoms with Crippen molar-refractivity contribution in [1.82, 2.24) is 10.1 Å². The number of rotatable bonds is 5. The van der Waals surface area contributed by atoms with Gasteiger partial charge in [0.25, 0.3) is 5.89 Å². The molecule has 0 spiro atoms. The number of aryl methyl sites for hydroxylation is 1. The van der Waals surface area contributed by atoms with Gasteiger partial charge in [-0.2, -0.15) is 4.98 Å². The molecule has 0 saturated heterocycles. The highest BCUT2D eigenvalue weighted by molar-refractivity contribution is 5.62. The van der Waals surface area contributed by atoms with Crippen molar-refractivity contribution in [2.24, 2.45) is 5.73 Å². The topological polar surface area (TPSA) is 74.2 Å². The Labute approximate surface area is 146 Å². The lowest BCUT2D eigenvalue weighted by atomic mass is 9.77. The number of nitrogens with two attached hydrogens (primary N) is 1. The van der Waals surface area contributed by atoms with Crippen molar-refractivity contribution in [1.29, 1.82) is 0 Å². The Bertz CT molecular complexity index is 884. The van der Waals surface area contributed by atoms with E-state index >= 15 is 0 Å². The summed E-state index contributed by atoms with van der Waals surface area (Å²) in [7, 11) is 0. The quantitative estimate of drug-likeness (QED) is 0.764. The van der Waals surface area contributed by atoms with Crippen LogP contribution in [0.3, 0.4) is 0 Å². The fourth-order valence-electron chi connectivity index (χ4n) is 3.01. The van der Waals surface area contributed by atoms with Crippen LogP contribution in [0.1, 0.15) is 36.2 Å². The molecule has 5 nitrogen and oxygen atoms in total. The van der Waals surface area contributed by atoms with E-state index in [0.29, 0.717) is 18.3 Å². The maximum absolute atomic E-state index is 6.29. The summed E-state index contributed by atoms with van der Waals surface area (Å²) in [6, 6.07) is 15.9. The molecule has 0 unspecified atom stereocenters. The van der Waals surface area contributed by atoms with E-state index in [2.05, 4.69) is 29.2 Å². The summed E-state index contributed by atoms with van der Waals surface area (Å²) in [5.41, 5.74) is 9.00. The van der Waals surface area contributed by atoms with Crippen LogP contribution in [0.5, 0.6) is 5.75 Å². The normalized spacial score (nSPS) is 15.6. The number of benzene rings is 2. The van der Waals surface area contributed by atoms with E-state index in [1.807, 2.05) is 36.4 Å². The van der Waals surface area contributed by atoms with Crippen LogP contribution in [0.4, 0.5) is 0 Å². The lowest BCUT2D eigenvalue weighted by Gasteiger charge is -2.34. The number of para-hydroxylation sites is 1. The fraction of sp³-hybridized carbons (Fsp3) is 0.300. The molecule has 5 heteroatoms. The van der Waals surface area contributed by atoms with Crippen molar-refractivity contribution >= 4 is 0 Å². The van der Waals surface area contributed by atoms with Crippen LogP contribution in [-0.2, 0) is 12.1 Å². The zero-order chi connectivity index (χ0) is 17.3. The Morgan fingerprint density at radius 2 is 1.88 bits per heavy atom. The minimum absolute atomic E-state index is 0.432. The van der Waals surface area contributed by atoms with E-state index < -0.39 is 5.54 Å². The zero-order valence-corrected chi connectivity index (χ0v) is 14.2. The molecule has 1 aliphatic rings. The van der Waals surface area contributed by atoms with Crippen LogP contribution in [0.2, 0.25) is 0 Å². The van der Waals surface area contributed by atoms with Gasteiger partial charge < -0.3 is 15.0 Å². The molecule has 1 saturated carbocycles. The van der Waals surface area contributed by atoms with Crippen LogP contribution in [-0.4, -0.2) is 10.1 Å². The Morgan fingerprint density at radius 1 is 1.12 bits per heavy atom. The molecule has 1 aliphatic carbocycles. The van der Waals surface area contributed by atoms with Gasteiger partial charge in [0, 0.05) is 0 Å². The van der Waals surface area contributed by atoms with E-state index in [-0.39, 0.29) is 0 Å². The van der Waals surface area contributed by atoms with E-state index in [1.54, 1.807) is 0 Å². The van der Waals surface area contributed by atoms with Crippen LogP contribution in [0, 0.1) is 6.92 Å². The molecule has 2 N–H and O–H groups in total. The maximum Gasteiger partial charge on any atom is 0.261 e. The van der Waals surface area contributed by atoms with Crippen molar-refractivity contribution in [3.63, 3.8) is 0 Å². The summed E-state index contributed by atoms with van der Waals surface area (Å²) < 4.78 is 11.5. The van der Waals surface area contributed by atoms with Gasteiger partial charge in [0.1, 0.15) is 12.4 Å². The van der Waals surface area contributed by atoms with Gasteiger partial charge in [-0.25, -0.2) is 0 Å². The molecule has 0 aliphatic heterocycles. The standard InChI is InChI=1S/C20H21N3O2/c1-14-7-2-3-8-15(14)13-24-17-10-5-4-9-16(17)18-22-19(23-25-18)20(21)11-6-12-20/h2-5,7-10H,6,11-13,21H2,1H3. The van der Waals surface area contributed by atoms with E-state index in [4.69, 9.17) is 15.0 Å². The largest absolute Gasteiger partial charge is 0.488 e. The molecule has 0 radical (unpaired) electrons. The average Bonchev–Trinajstić information content (AvgIpc) is 3.09. The van der Waals surface area contributed by atoms with Crippen LogP contribution in [0.25, 0.3) is 11.5 Å². The summed E-state index contributed by atoms with van der Waals surface area (Å²) in [5, 5.41) is 4.09. The number of hydrogen-bond acceptors (Lipinski definition) is 5. The molecule has 0 atom stereocenters. The zero-order valence-electron chi connectivity index (χ0n) is 14.2. The van der Waals surface area contributed by atoms with Crippen molar-refractivity contribution < 1.29 is 9.26 Å². The number of nitrogens with zero attached hydrogens (tertiary/aromatic N) is 2. The van der Waals surface area contributed by atoms with Crippen molar-refractivity contribution in [3.8, 4) is 17.2 Å². The van der Waals surface area contributed by atoms with Crippen molar-refractivity contribution in [2.45, 2.75) is 38.3 Å². The summed E-state index contributed by atoms with van der Waals surface area (Å²) in [6.45, 7) is 2.57. The first kappa shape index (κ1) is 15.8. The molecule has 0 bridgehead atoms. The molecule has 1 aromatic heterocycles. The SMILES string of the molecule is Cc1ccccc1COc1ccccc1-c1nc(C2(N)CCC2)no1. The van der Waals surface area contributed by atoms with E-state index in [9.17, 15) is 0 Å². The summed E-state index contributed by atoms with van der Waals surface area (Å²) in [4.78, 5) is 4.52. The first-order valence-electron chi connectivity index (χ1n) is 8.55.